The number of ether oxygens (including phenoxy) is 1. The van der Waals surface area contributed by atoms with E-state index in [9.17, 15) is 4.79 Å². The van der Waals surface area contributed by atoms with Crippen molar-refractivity contribution in [2.45, 2.75) is 43.9 Å². The minimum atomic E-state index is -0.00615. The molecule has 0 radical (unpaired) electrons. The molecule has 1 amide bonds. The number of benzene rings is 2. The lowest BCUT2D eigenvalue weighted by Crippen LogP contribution is -2.57. The van der Waals surface area contributed by atoms with Crippen molar-refractivity contribution < 1.29 is 9.53 Å². The summed E-state index contributed by atoms with van der Waals surface area (Å²) in [4.78, 5) is 12.4. The maximum atomic E-state index is 12.4. The molecule has 4 saturated carbocycles. The monoisotopic (exact) mass is 375 g/mol. The highest BCUT2D eigenvalue weighted by Gasteiger charge is 2.57. The summed E-state index contributed by atoms with van der Waals surface area (Å²) >= 11 is 0. The molecule has 2 unspecified atom stereocenters. The first-order chi connectivity index (χ1) is 13.6. The molecule has 4 fully saturated rings. The summed E-state index contributed by atoms with van der Waals surface area (Å²) in [6.45, 7) is 0.891. The van der Waals surface area contributed by atoms with Crippen LogP contribution in [-0.4, -0.2) is 19.1 Å². The zero-order valence-electron chi connectivity index (χ0n) is 16.4. The fourth-order valence-electron chi connectivity index (χ4n) is 6.79. The van der Waals surface area contributed by atoms with Gasteiger partial charge in [0.25, 0.3) is 5.91 Å². The maximum Gasteiger partial charge on any atom is 0.257 e. The number of carbonyl (C=O) groups excluding carboxylic acids is 1. The SMILES string of the molecule is O=C(COc1ccccc1)NCC12C[C@H]3C[C@@H](C1)CC(c1ccccc1)(C3)C2. The molecule has 4 atom stereocenters. The first-order valence-corrected chi connectivity index (χ1v) is 10.6. The van der Waals surface area contributed by atoms with Crippen molar-refractivity contribution in [1.82, 2.24) is 5.32 Å². The topological polar surface area (TPSA) is 38.3 Å². The third kappa shape index (κ3) is 3.32. The molecular weight excluding hydrogens is 346 g/mol. The summed E-state index contributed by atoms with van der Waals surface area (Å²) in [7, 11) is 0. The van der Waals surface area contributed by atoms with E-state index >= 15 is 0 Å². The number of hydrogen-bond donors (Lipinski definition) is 1. The van der Waals surface area contributed by atoms with E-state index in [2.05, 4.69) is 35.6 Å². The van der Waals surface area contributed by atoms with Gasteiger partial charge in [-0.1, -0.05) is 48.5 Å². The second kappa shape index (κ2) is 6.95. The lowest BCUT2D eigenvalue weighted by Gasteiger charge is -2.62. The van der Waals surface area contributed by atoms with Crippen LogP contribution in [0.15, 0.2) is 60.7 Å². The number of nitrogens with one attached hydrogen (secondary N) is 1. The number of para-hydroxylation sites is 1. The Balaban J connectivity index is 1.26. The Morgan fingerprint density at radius 1 is 0.929 bits per heavy atom. The number of carbonyl (C=O) groups is 1. The average Bonchev–Trinajstić information content (AvgIpc) is 2.71. The fraction of sp³-hybridized carbons (Fsp3) is 0.480. The van der Waals surface area contributed by atoms with Gasteiger partial charge in [-0.25, -0.2) is 0 Å². The Hall–Kier alpha value is -2.29. The van der Waals surface area contributed by atoms with Crippen LogP contribution in [0.2, 0.25) is 0 Å². The molecule has 0 saturated heterocycles. The molecule has 2 aromatic carbocycles. The van der Waals surface area contributed by atoms with Crippen molar-refractivity contribution in [2.75, 3.05) is 13.2 Å². The molecule has 0 heterocycles. The molecule has 0 aromatic heterocycles. The molecule has 0 aliphatic heterocycles. The van der Waals surface area contributed by atoms with Crippen molar-refractivity contribution in [2.24, 2.45) is 17.3 Å². The van der Waals surface area contributed by atoms with E-state index in [4.69, 9.17) is 4.74 Å². The minimum Gasteiger partial charge on any atom is -0.484 e. The second-order valence-electron chi connectivity index (χ2n) is 9.49. The molecule has 1 N–H and O–H groups in total. The highest BCUT2D eigenvalue weighted by Crippen LogP contribution is 2.65. The Morgan fingerprint density at radius 2 is 1.57 bits per heavy atom. The van der Waals surface area contributed by atoms with Crippen molar-refractivity contribution in [3.8, 4) is 5.75 Å². The van der Waals surface area contributed by atoms with Gasteiger partial charge < -0.3 is 10.1 Å². The lowest BCUT2D eigenvalue weighted by molar-refractivity contribution is -0.125. The first kappa shape index (κ1) is 17.8. The normalized spacial score (nSPS) is 32.9. The molecule has 28 heavy (non-hydrogen) atoms. The van der Waals surface area contributed by atoms with Crippen molar-refractivity contribution in [3.05, 3.63) is 66.2 Å². The third-order valence-electron chi connectivity index (χ3n) is 7.34. The first-order valence-electron chi connectivity index (χ1n) is 10.6. The van der Waals surface area contributed by atoms with E-state index in [1.165, 1.54) is 44.1 Å². The molecule has 4 aliphatic carbocycles. The quantitative estimate of drug-likeness (QED) is 0.793. The molecule has 4 bridgehead atoms. The predicted molar refractivity (Wildman–Crippen MR) is 110 cm³/mol. The summed E-state index contributed by atoms with van der Waals surface area (Å²) in [5, 5.41) is 3.21. The van der Waals surface area contributed by atoms with Gasteiger partial charge >= 0.3 is 0 Å². The molecule has 146 valence electrons. The van der Waals surface area contributed by atoms with Crippen LogP contribution in [0.3, 0.4) is 0 Å². The summed E-state index contributed by atoms with van der Waals surface area (Å²) in [5.74, 6) is 2.38. The summed E-state index contributed by atoms with van der Waals surface area (Å²) < 4.78 is 5.62. The van der Waals surface area contributed by atoms with Crippen molar-refractivity contribution >= 4 is 5.91 Å². The highest BCUT2D eigenvalue weighted by molar-refractivity contribution is 5.77. The Bertz CT molecular complexity index is 818. The van der Waals surface area contributed by atoms with Gasteiger partial charge in [-0.15, -0.1) is 0 Å². The molecule has 0 spiro atoms. The number of rotatable bonds is 6. The van der Waals surface area contributed by atoms with Gasteiger partial charge in [-0.05, 0) is 78.9 Å². The minimum absolute atomic E-state index is 0.00615. The zero-order chi connectivity index (χ0) is 19.0. The summed E-state index contributed by atoms with van der Waals surface area (Å²) in [6.07, 6.45) is 7.83. The maximum absolute atomic E-state index is 12.4. The molecule has 4 aliphatic rings. The van der Waals surface area contributed by atoms with Crippen LogP contribution < -0.4 is 10.1 Å². The summed E-state index contributed by atoms with van der Waals surface area (Å²) in [5.41, 5.74) is 2.12. The largest absolute Gasteiger partial charge is 0.484 e. The predicted octanol–water partition coefficient (Wildman–Crippen LogP) is 4.72. The average molecular weight is 376 g/mol. The van der Waals surface area contributed by atoms with Gasteiger partial charge in [0, 0.05) is 6.54 Å². The van der Waals surface area contributed by atoms with Gasteiger partial charge in [-0.3, -0.25) is 4.79 Å². The van der Waals surface area contributed by atoms with Crippen LogP contribution >= 0.6 is 0 Å². The molecular formula is C25H29NO2. The Kier molecular flexibility index (Phi) is 4.41. The van der Waals surface area contributed by atoms with E-state index < -0.39 is 0 Å². The van der Waals surface area contributed by atoms with Crippen LogP contribution in [-0.2, 0) is 10.2 Å². The van der Waals surface area contributed by atoms with Crippen molar-refractivity contribution in [1.29, 1.82) is 0 Å². The van der Waals surface area contributed by atoms with Crippen LogP contribution in [0.5, 0.6) is 5.75 Å². The van der Waals surface area contributed by atoms with Gasteiger partial charge in [0.2, 0.25) is 0 Å². The van der Waals surface area contributed by atoms with Gasteiger partial charge in [0.15, 0.2) is 6.61 Å². The van der Waals surface area contributed by atoms with E-state index in [-0.39, 0.29) is 17.9 Å². The highest BCUT2D eigenvalue weighted by atomic mass is 16.5. The van der Waals surface area contributed by atoms with Crippen LogP contribution in [0, 0.1) is 17.3 Å². The third-order valence-corrected chi connectivity index (χ3v) is 7.34. The van der Waals surface area contributed by atoms with Crippen LogP contribution in [0.4, 0.5) is 0 Å². The molecule has 3 heteroatoms. The lowest BCUT2D eigenvalue weighted by atomic mass is 9.43. The zero-order valence-corrected chi connectivity index (χ0v) is 16.4. The van der Waals surface area contributed by atoms with Gasteiger partial charge in [0.05, 0.1) is 0 Å². The molecule has 6 rings (SSSR count). The Labute approximate surface area is 167 Å². The van der Waals surface area contributed by atoms with Gasteiger partial charge in [-0.2, -0.15) is 0 Å². The van der Waals surface area contributed by atoms with Crippen molar-refractivity contribution in [3.63, 3.8) is 0 Å². The van der Waals surface area contributed by atoms with Crippen LogP contribution in [0.1, 0.15) is 44.1 Å². The van der Waals surface area contributed by atoms with E-state index in [1.807, 2.05) is 30.3 Å². The van der Waals surface area contributed by atoms with E-state index in [1.54, 1.807) is 0 Å². The number of amides is 1. The van der Waals surface area contributed by atoms with E-state index in [0.717, 1.165) is 24.1 Å². The second-order valence-corrected chi connectivity index (χ2v) is 9.49. The molecule has 3 nitrogen and oxygen atoms in total. The summed E-state index contributed by atoms with van der Waals surface area (Å²) in [6, 6.07) is 20.7. The Morgan fingerprint density at radius 3 is 2.25 bits per heavy atom. The molecule has 2 aromatic rings. The smallest absolute Gasteiger partial charge is 0.257 e. The number of hydrogen-bond acceptors (Lipinski definition) is 2. The fourth-order valence-corrected chi connectivity index (χ4v) is 6.79. The van der Waals surface area contributed by atoms with Crippen LogP contribution in [0.25, 0.3) is 0 Å². The van der Waals surface area contributed by atoms with E-state index in [0.29, 0.717) is 5.41 Å². The van der Waals surface area contributed by atoms with Gasteiger partial charge in [0.1, 0.15) is 5.75 Å². The standard InChI is InChI=1S/C25H29NO2/c27-23(16-28-22-9-5-2-6-10-22)26-18-24-12-19-11-20(13-24)15-25(14-19,17-24)21-7-3-1-4-8-21/h1-10,19-20H,11-18H2,(H,26,27)/t19-,20+,24?,25?.